The SMILES string of the molecule is C=C(c1ccc(NC(=O)N2CCN(c3ncccc3F)C[C@H]2C)cc1)C(F)(F)F. The number of aromatic nitrogens is 1. The molecule has 29 heavy (non-hydrogen) atoms. The topological polar surface area (TPSA) is 48.5 Å². The second kappa shape index (κ2) is 8.10. The van der Waals surface area contributed by atoms with Crippen molar-refractivity contribution >= 4 is 23.1 Å². The van der Waals surface area contributed by atoms with E-state index in [2.05, 4.69) is 16.9 Å². The molecule has 0 aliphatic carbocycles. The molecular formula is C20H20F4N4O. The van der Waals surface area contributed by atoms with Crippen molar-refractivity contribution in [3.63, 3.8) is 0 Å². The molecular weight excluding hydrogens is 388 g/mol. The van der Waals surface area contributed by atoms with E-state index in [9.17, 15) is 22.4 Å². The molecule has 1 aliphatic rings. The molecule has 1 aromatic carbocycles. The van der Waals surface area contributed by atoms with E-state index in [1.54, 1.807) is 9.80 Å². The van der Waals surface area contributed by atoms with Gasteiger partial charge in [-0.3, -0.25) is 0 Å². The van der Waals surface area contributed by atoms with E-state index in [0.29, 0.717) is 25.3 Å². The number of benzene rings is 1. The smallest absolute Gasteiger partial charge is 0.350 e. The van der Waals surface area contributed by atoms with Crippen LogP contribution in [-0.2, 0) is 0 Å². The van der Waals surface area contributed by atoms with Gasteiger partial charge in [-0.25, -0.2) is 14.2 Å². The Hall–Kier alpha value is -3.10. The number of pyridine rings is 1. The van der Waals surface area contributed by atoms with Crippen LogP contribution >= 0.6 is 0 Å². The van der Waals surface area contributed by atoms with E-state index in [0.717, 1.165) is 0 Å². The van der Waals surface area contributed by atoms with Crippen LogP contribution in [0.1, 0.15) is 12.5 Å². The van der Waals surface area contributed by atoms with Crippen molar-refractivity contribution in [3.8, 4) is 0 Å². The molecule has 1 atom stereocenters. The van der Waals surface area contributed by atoms with Crippen LogP contribution in [0.5, 0.6) is 0 Å². The van der Waals surface area contributed by atoms with Gasteiger partial charge in [-0.15, -0.1) is 0 Å². The highest BCUT2D eigenvalue weighted by Gasteiger charge is 2.33. The van der Waals surface area contributed by atoms with Crippen LogP contribution in [0.25, 0.3) is 5.57 Å². The van der Waals surface area contributed by atoms with Crippen molar-refractivity contribution in [1.29, 1.82) is 0 Å². The van der Waals surface area contributed by atoms with Crippen molar-refractivity contribution in [3.05, 3.63) is 60.6 Å². The standard InChI is InChI=1S/C20H20F4N4O/c1-13-12-27(18-17(21)4-3-9-25-18)10-11-28(13)19(29)26-16-7-5-15(6-8-16)14(2)20(22,23)24/h3-9,13H,2,10-12H2,1H3,(H,26,29)/t13-/m1/s1. The summed E-state index contributed by atoms with van der Waals surface area (Å²) in [5.41, 5.74) is -0.629. The molecule has 1 N–H and O–H groups in total. The normalized spacial score (nSPS) is 17.2. The van der Waals surface area contributed by atoms with Crippen LogP contribution < -0.4 is 10.2 Å². The summed E-state index contributed by atoms with van der Waals surface area (Å²) in [6, 6.07) is 7.58. The zero-order valence-electron chi connectivity index (χ0n) is 15.7. The number of halogens is 4. The third-order valence-electron chi connectivity index (χ3n) is 4.75. The molecule has 1 aromatic heterocycles. The van der Waals surface area contributed by atoms with Gasteiger partial charge in [-0.05, 0) is 36.8 Å². The van der Waals surface area contributed by atoms with E-state index >= 15 is 0 Å². The van der Waals surface area contributed by atoms with E-state index in [1.165, 1.54) is 42.6 Å². The lowest BCUT2D eigenvalue weighted by Gasteiger charge is -2.40. The zero-order valence-corrected chi connectivity index (χ0v) is 15.7. The second-order valence-corrected chi connectivity index (χ2v) is 6.78. The molecule has 1 aliphatic heterocycles. The summed E-state index contributed by atoms with van der Waals surface area (Å²) in [6.45, 7) is 6.06. The molecule has 0 radical (unpaired) electrons. The summed E-state index contributed by atoms with van der Waals surface area (Å²) < 4.78 is 52.0. The number of carbonyl (C=O) groups excluding carboxylic acids is 1. The summed E-state index contributed by atoms with van der Waals surface area (Å²) >= 11 is 0. The summed E-state index contributed by atoms with van der Waals surface area (Å²) in [5.74, 6) is -0.168. The Labute approximate surface area is 165 Å². The molecule has 0 spiro atoms. The number of urea groups is 1. The van der Waals surface area contributed by atoms with Gasteiger partial charge in [-0.2, -0.15) is 13.2 Å². The van der Waals surface area contributed by atoms with Crippen LogP contribution in [0.3, 0.4) is 0 Å². The average molecular weight is 408 g/mol. The van der Waals surface area contributed by atoms with Gasteiger partial charge < -0.3 is 15.1 Å². The molecule has 9 heteroatoms. The maximum absolute atomic E-state index is 13.9. The molecule has 2 amide bonds. The fourth-order valence-corrected chi connectivity index (χ4v) is 3.18. The Morgan fingerprint density at radius 1 is 1.21 bits per heavy atom. The maximum atomic E-state index is 13.9. The third kappa shape index (κ3) is 4.67. The fraction of sp³-hybridized carbons (Fsp3) is 0.300. The quantitative estimate of drug-likeness (QED) is 0.759. The first kappa shape index (κ1) is 20.6. The van der Waals surface area contributed by atoms with Gasteiger partial charge in [0.15, 0.2) is 11.6 Å². The number of piperazine rings is 1. The maximum Gasteiger partial charge on any atom is 0.416 e. The predicted octanol–water partition coefficient (Wildman–Crippen LogP) is 4.54. The van der Waals surface area contributed by atoms with E-state index < -0.39 is 17.6 Å². The van der Waals surface area contributed by atoms with Crippen molar-refractivity contribution in [2.45, 2.75) is 19.1 Å². The number of hydrogen-bond donors (Lipinski definition) is 1. The van der Waals surface area contributed by atoms with Crippen molar-refractivity contribution in [2.24, 2.45) is 0 Å². The number of alkyl halides is 3. The molecule has 2 heterocycles. The first-order chi connectivity index (χ1) is 13.7. The molecule has 154 valence electrons. The minimum Gasteiger partial charge on any atom is -0.350 e. The Kier molecular flexibility index (Phi) is 5.76. The summed E-state index contributed by atoms with van der Waals surface area (Å²) in [4.78, 5) is 20.0. The number of rotatable bonds is 3. The van der Waals surface area contributed by atoms with Gasteiger partial charge >= 0.3 is 12.2 Å². The van der Waals surface area contributed by atoms with Crippen LogP contribution in [0.2, 0.25) is 0 Å². The van der Waals surface area contributed by atoms with E-state index in [4.69, 9.17) is 0 Å². The second-order valence-electron chi connectivity index (χ2n) is 6.78. The number of hydrogen-bond acceptors (Lipinski definition) is 3. The van der Waals surface area contributed by atoms with Crippen LogP contribution in [0, 0.1) is 5.82 Å². The van der Waals surface area contributed by atoms with Gasteiger partial charge in [0.2, 0.25) is 0 Å². The number of nitrogens with zero attached hydrogens (tertiary/aromatic N) is 3. The highest BCUT2D eigenvalue weighted by Crippen LogP contribution is 2.32. The van der Waals surface area contributed by atoms with Crippen molar-refractivity contribution in [1.82, 2.24) is 9.88 Å². The summed E-state index contributed by atoms with van der Waals surface area (Å²) in [5, 5.41) is 2.68. The Balaban J connectivity index is 1.62. The first-order valence-electron chi connectivity index (χ1n) is 8.96. The van der Waals surface area contributed by atoms with Gasteiger partial charge in [-0.1, -0.05) is 18.7 Å². The third-order valence-corrected chi connectivity index (χ3v) is 4.75. The average Bonchev–Trinajstić information content (AvgIpc) is 2.67. The van der Waals surface area contributed by atoms with Crippen LogP contribution in [0.15, 0.2) is 49.2 Å². The Morgan fingerprint density at radius 3 is 2.48 bits per heavy atom. The van der Waals surface area contributed by atoms with Gasteiger partial charge in [0.25, 0.3) is 0 Å². The minimum atomic E-state index is -4.51. The number of anilines is 2. The Bertz CT molecular complexity index is 898. The molecule has 0 bridgehead atoms. The number of carbonyl (C=O) groups is 1. The Morgan fingerprint density at radius 2 is 1.90 bits per heavy atom. The zero-order chi connectivity index (χ0) is 21.2. The van der Waals surface area contributed by atoms with Gasteiger partial charge in [0, 0.05) is 37.6 Å². The first-order valence-corrected chi connectivity index (χ1v) is 8.96. The lowest BCUT2D eigenvalue weighted by Crippen LogP contribution is -2.55. The lowest BCUT2D eigenvalue weighted by atomic mass is 10.1. The highest BCUT2D eigenvalue weighted by molar-refractivity contribution is 5.90. The van der Waals surface area contributed by atoms with Gasteiger partial charge in [0.1, 0.15) is 0 Å². The molecule has 5 nitrogen and oxygen atoms in total. The van der Waals surface area contributed by atoms with Crippen molar-refractivity contribution in [2.75, 3.05) is 29.9 Å². The molecule has 1 saturated heterocycles. The van der Waals surface area contributed by atoms with Gasteiger partial charge in [0.05, 0.1) is 5.57 Å². The monoisotopic (exact) mass is 408 g/mol. The highest BCUT2D eigenvalue weighted by atomic mass is 19.4. The largest absolute Gasteiger partial charge is 0.416 e. The lowest BCUT2D eigenvalue weighted by molar-refractivity contribution is -0.0686. The van der Waals surface area contributed by atoms with E-state index in [1.807, 2.05) is 6.92 Å². The molecule has 0 unspecified atom stereocenters. The predicted molar refractivity (Wildman–Crippen MR) is 103 cm³/mol. The summed E-state index contributed by atoms with van der Waals surface area (Å²) in [7, 11) is 0. The fourth-order valence-electron chi connectivity index (χ4n) is 3.18. The molecule has 0 saturated carbocycles. The van der Waals surface area contributed by atoms with Crippen LogP contribution in [-0.4, -0.2) is 47.8 Å². The summed E-state index contributed by atoms with van der Waals surface area (Å²) in [6.07, 6.45) is -2.99. The molecule has 3 rings (SSSR count). The number of allylic oxidation sites excluding steroid dienone is 1. The van der Waals surface area contributed by atoms with E-state index in [-0.39, 0.29) is 23.5 Å². The number of amides is 2. The molecule has 1 fully saturated rings. The number of nitrogens with one attached hydrogen (secondary N) is 1. The van der Waals surface area contributed by atoms with Crippen molar-refractivity contribution < 1.29 is 22.4 Å². The molecule has 2 aromatic rings. The minimum absolute atomic E-state index is 0.0603. The van der Waals surface area contributed by atoms with Crippen LogP contribution in [0.4, 0.5) is 33.9 Å².